The molecule has 8 heteroatoms. The van der Waals surface area contributed by atoms with E-state index in [9.17, 15) is 22.8 Å². The van der Waals surface area contributed by atoms with Crippen LogP contribution in [0.1, 0.15) is 63.5 Å². The van der Waals surface area contributed by atoms with E-state index in [0.29, 0.717) is 24.4 Å². The number of Topliss-reactive ketones (excluding diaryl/α,β-unsaturated/α-hetero) is 1. The molecule has 3 aliphatic rings. The molecule has 0 N–H and O–H groups in total. The number of hydrogen-bond donors (Lipinski definition) is 0. The lowest BCUT2D eigenvalue weighted by Crippen LogP contribution is -2.44. The van der Waals surface area contributed by atoms with Gasteiger partial charge in [-0.1, -0.05) is 32.0 Å². The summed E-state index contributed by atoms with van der Waals surface area (Å²) in [7, 11) is 0. The zero-order valence-corrected chi connectivity index (χ0v) is 19.0. The number of nitrogens with zero attached hydrogens (tertiary/aromatic N) is 1. The van der Waals surface area contributed by atoms with Crippen LogP contribution in [0.2, 0.25) is 0 Å². The number of carbonyl (C=O) groups excluding carboxylic acids is 2. The van der Waals surface area contributed by atoms with Gasteiger partial charge in [0, 0.05) is 30.4 Å². The van der Waals surface area contributed by atoms with Crippen LogP contribution in [-0.4, -0.2) is 36.8 Å². The fourth-order valence-corrected chi connectivity index (χ4v) is 5.24. The molecule has 4 rings (SSSR count). The molecule has 1 aromatic rings. The molecule has 2 fully saturated rings. The van der Waals surface area contributed by atoms with Crippen LogP contribution in [0.4, 0.5) is 13.2 Å². The fraction of sp³-hybridized carbons (Fsp3) is 0.560. The van der Waals surface area contributed by atoms with Crippen molar-refractivity contribution in [1.29, 1.82) is 0 Å². The Hall–Kier alpha value is -2.48. The molecule has 1 aliphatic carbocycles. The van der Waals surface area contributed by atoms with Crippen molar-refractivity contribution in [2.45, 2.75) is 64.7 Å². The monoisotopic (exact) mass is 463 g/mol. The van der Waals surface area contributed by atoms with Gasteiger partial charge in [0.1, 0.15) is 12.4 Å². The van der Waals surface area contributed by atoms with E-state index in [2.05, 4.69) is 4.99 Å². The second-order valence-electron chi connectivity index (χ2n) is 9.86. The van der Waals surface area contributed by atoms with Crippen molar-refractivity contribution < 1.29 is 32.2 Å². The highest BCUT2D eigenvalue weighted by molar-refractivity contribution is 6.12. The van der Waals surface area contributed by atoms with Crippen molar-refractivity contribution in [1.82, 2.24) is 0 Å². The fourth-order valence-electron chi connectivity index (χ4n) is 5.24. The maximum atomic E-state index is 14.0. The average Bonchev–Trinajstić information content (AvgIpc) is 3.23. The van der Waals surface area contributed by atoms with E-state index in [1.165, 1.54) is 18.2 Å². The normalized spacial score (nSPS) is 27.3. The first kappa shape index (κ1) is 23.7. The zero-order valence-electron chi connectivity index (χ0n) is 19.0. The molecule has 1 saturated heterocycles. The van der Waals surface area contributed by atoms with Crippen LogP contribution in [0.3, 0.4) is 0 Å². The van der Waals surface area contributed by atoms with E-state index in [1.807, 2.05) is 13.8 Å². The molecular weight excluding hydrogens is 435 g/mol. The molecule has 2 aliphatic heterocycles. The Labute approximate surface area is 191 Å². The van der Waals surface area contributed by atoms with Crippen LogP contribution >= 0.6 is 0 Å². The number of aliphatic imine (C=N–C) groups is 1. The predicted octanol–water partition coefficient (Wildman–Crippen LogP) is 5.25. The lowest BCUT2D eigenvalue weighted by Gasteiger charge is -2.41. The van der Waals surface area contributed by atoms with Gasteiger partial charge in [-0.3, -0.25) is 9.79 Å². The first-order chi connectivity index (χ1) is 15.5. The first-order valence-corrected chi connectivity index (χ1v) is 11.2. The average molecular weight is 463 g/mol. The molecule has 0 aromatic heterocycles. The van der Waals surface area contributed by atoms with E-state index in [1.54, 1.807) is 6.92 Å². The third kappa shape index (κ3) is 4.76. The molecule has 33 heavy (non-hydrogen) atoms. The van der Waals surface area contributed by atoms with Crippen molar-refractivity contribution in [2.24, 2.45) is 16.3 Å². The Morgan fingerprint density at radius 2 is 1.94 bits per heavy atom. The number of carbonyl (C=O) groups is 2. The van der Waals surface area contributed by atoms with Gasteiger partial charge in [-0.15, -0.1) is 0 Å². The van der Waals surface area contributed by atoms with Crippen molar-refractivity contribution in [3.05, 3.63) is 46.7 Å². The molecule has 0 bridgehead atoms. The molecule has 5 nitrogen and oxygen atoms in total. The quantitative estimate of drug-likeness (QED) is 0.573. The lowest BCUT2D eigenvalue weighted by atomic mass is 9.63. The van der Waals surface area contributed by atoms with Crippen LogP contribution in [0.25, 0.3) is 0 Å². The molecule has 3 atom stereocenters. The Morgan fingerprint density at radius 1 is 1.21 bits per heavy atom. The molecule has 0 radical (unpaired) electrons. The van der Waals surface area contributed by atoms with Gasteiger partial charge in [-0.25, -0.2) is 4.79 Å². The van der Waals surface area contributed by atoms with Gasteiger partial charge < -0.3 is 9.47 Å². The van der Waals surface area contributed by atoms with Gasteiger partial charge in [0.05, 0.1) is 23.2 Å². The minimum absolute atomic E-state index is 0.0193. The van der Waals surface area contributed by atoms with Crippen LogP contribution < -0.4 is 0 Å². The summed E-state index contributed by atoms with van der Waals surface area (Å²) in [5.41, 5.74) is -0.451. The Kier molecular flexibility index (Phi) is 6.24. The summed E-state index contributed by atoms with van der Waals surface area (Å²) in [6.45, 7) is 6.08. The van der Waals surface area contributed by atoms with E-state index >= 15 is 0 Å². The number of hydrogen-bond acceptors (Lipinski definition) is 5. The van der Waals surface area contributed by atoms with Crippen LogP contribution in [0, 0.1) is 11.3 Å². The Balaban J connectivity index is 1.80. The summed E-state index contributed by atoms with van der Waals surface area (Å²) < 4.78 is 52.9. The summed E-state index contributed by atoms with van der Waals surface area (Å²) in [6.07, 6.45) is -2.56. The smallest absolute Gasteiger partial charge is 0.416 e. The third-order valence-electron chi connectivity index (χ3n) is 6.61. The molecule has 0 unspecified atom stereocenters. The number of benzene rings is 1. The van der Waals surface area contributed by atoms with Crippen LogP contribution in [0.5, 0.6) is 0 Å². The topological polar surface area (TPSA) is 65.0 Å². The van der Waals surface area contributed by atoms with E-state index in [0.717, 1.165) is 18.9 Å². The third-order valence-corrected chi connectivity index (χ3v) is 6.61. The maximum absolute atomic E-state index is 14.0. The highest BCUT2D eigenvalue weighted by Crippen LogP contribution is 2.49. The van der Waals surface area contributed by atoms with E-state index in [4.69, 9.17) is 9.47 Å². The van der Waals surface area contributed by atoms with Gasteiger partial charge >= 0.3 is 12.1 Å². The van der Waals surface area contributed by atoms with Crippen molar-refractivity contribution in [3.63, 3.8) is 0 Å². The Bertz CT molecular complexity index is 1020. The summed E-state index contributed by atoms with van der Waals surface area (Å²) in [6, 6.07) is 5.15. The molecule has 1 aromatic carbocycles. The highest BCUT2D eigenvalue weighted by atomic mass is 19.4. The van der Waals surface area contributed by atoms with E-state index in [-0.39, 0.29) is 41.5 Å². The molecule has 0 spiro atoms. The molecule has 0 amide bonds. The molecule has 1 saturated carbocycles. The van der Waals surface area contributed by atoms with Gasteiger partial charge in [0.15, 0.2) is 0 Å². The SMILES string of the molecule is CC1=C(C(=O)OC[C@H]2CCCO2)[C@H](c2ccccc2C(F)(F)F)[C@@H]2C(=O)CC(C)(C)CC2=N1. The summed E-state index contributed by atoms with van der Waals surface area (Å²) in [4.78, 5) is 31.1. The standard InChI is InChI=1S/C25H28F3NO4/c1-14-20(23(31)33-13-15-7-6-10-32-15)21(16-8-4-5-9-17(16)25(26,27)28)22-18(29-14)11-24(2,3)12-19(22)30/h4-5,8-9,15,21-22H,6-7,10-13H2,1-3H3/t15-,21+,22+/m1/s1. The second kappa shape index (κ2) is 8.70. The lowest BCUT2D eigenvalue weighted by molar-refractivity contribution is -0.143. The number of ether oxygens (including phenoxy) is 2. The van der Waals surface area contributed by atoms with Gasteiger partial charge in [-0.2, -0.15) is 13.2 Å². The number of ketones is 1. The second-order valence-corrected chi connectivity index (χ2v) is 9.86. The Morgan fingerprint density at radius 3 is 2.61 bits per heavy atom. The van der Waals surface area contributed by atoms with E-state index < -0.39 is 29.5 Å². The first-order valence-electron chi connectivity index (χ1n) is 11.2. The van der Waals surface area contributed by atoms with Gasteiger partial charge in [0.25, 0.3) is 0 Å². The maximum Gasteiger partial charge on any atom is 0.416 e. The van der Waals surface area contributed by atoms with Gasteiger partial charge in [0.2, 0.25) is 0 Å². The largest absolute Gasteiger partial charge is 0.460 e. The zero-order chi connectivity index (χ0) is 24.0. The van der Waals surface area contributed by atoms with Crippen molar-refractivity contribution in [2.75, 3.05) is 13.2 Å². The minimum atomic E-state index is -4.64. The number of esters is 1. The molecular formula is C25H28F3NO4. The minimum Gasteiger partial charge on any atom is -0.460 e. The highest BCUT2D eigenvalue weighted by Gasteiger charge is 2.49. The number of fused-ring (bicyclic) bond motifs is 1. The number of alkyl halides is 3. The van der Waals surface area contributed by atoms with Crippen molar-refractivity contribution >= 4 is 17.5 Å². The molecule has 2 heterocycles. The van der Waals surface area contributed by atoms with Crippen LogP contribution in [-0.2, 0) is 25.2 Å². The number of allylic oxidation sites excluding steroid dienone is 1. The summed E-state index contributed by atoms with van der Waals surface area (Å²) in [5, 5.41) is 0. The molecule has 178 valence electrons. The summed E-state index contributed by atoms with van der Waals surface area (Å²) in [5.74, 6) is -2.97. The predicted molar refractivity (Wildman–Crippen MR) is 116 cm³/mol. The van der Waals surface area contributed by atoms with Gasteiger partial charge in [-0.05, 0) is 43.2 Å². The number of halogens is 3. The number of rotatable bonds is 4. The van der Waals surface area contributed by atoms with Crippen LogP contribution in [0.15, 0.2) is 40.5 Å². The summed E-state index contributed by atoms with van der Waals surface area (Å²) >= 11 is 0. The van der Waals surface area contributed by atoms with Crippen molar-refractivity contribution in [3.8, 4) is 0 Å².